The van der Waals surface area contributed by atoms with E-state index in [1.54, 1.807) is 0 Å². The van der Waals surface area contributed by atoms with Gasteiger partial charge in [0.2, 0.25) is 5.70 Å². The minimum atomic E-state index is -1.49. The first kappa shape index (κ1) is 29.9. The highest BCUT2D eigenvalue weighted by molar-refractivity contribution is 6.46. The van der Waals surface area contributed by atoms with Crippen LogP contribution in [0.5, 0.6) is 0 Å². The Kier molecular flexibility index (Phi) is 7.25. The number of allylic oxidation sites excluding steroid dienone is 2. The second-order valence-corrected chi connectivity index (χ2v) is 13.3. The molecule has 232 valence electrons. The van der Waals surface area contributed by atoms with Gasteiger partial charge in [-0.25, -0.2) is 8.80 Å². The molecule has 2 aliphatic heterocycles. The number of nitrogens with zero attached hydrogens (tertiary/aromatic N) is 2. The summed E-state index contributed by atoms with van der Waals surface area (Å²) in [6, 6.07) is 44.8. The molecule has 0 radical (unpaired) electrons. The van der Waals surface area contributed by atoms with E-state index in [4.69, 9.17) is 0 Å². The Hall–Kier alpha value is -5.48. The number of rotatable bonds is 5. The largest absolute Gasteiger partial charge is 0.847 e. The fourth-order valence-electron chi connectivity index (χ4n) is 7.14. The zero-order valence-electron chi connectivity index (χ0n) is 28.1. The second-order valence-electron chi connectivity index (χ2n) is 13.3. The fourth-order valence-corrected chi connectivity index (χ4v) is 7.14. The van der Waals surface area contributed by atoms with E-state index < -0.39 is 7.26 Å². The van der Waals surface area contributed by atoms with Crippen molar-refractivity contribution in [2.45, 2.75) is 34.6 Å². The highest BCUT2D eigenvalue weighted by atomic mass is 19.1. The molecule has 0 atom stereocenters. The third-order valence-electron chi connectivity index (χ3n) is 9.81. The normalized spacial score (nSPS) is 14.0. The van der Waals surface area contributed by atoms with Crippen LogP contribution in [0, 0.1) is 34.6 Å². The van der Waals surface area contributed by atoms with Crippen molar-refractivity contribution in [2.24, 2.45) is 0 Å². The van der Waals surface area contributed by atoms with Gasteiger partial charge in [-0.05, 0) is 80.6 Å². The lowest BCUT2D eigenvalue weighted by atomic mass is 9.83. The van der Waals surface area contributed by atoms with Crippen molar-refractivity contribution in [3.8, 4) is 22.4 Å². The molecule has 0 unspecified atom stereocenters. The molecule has 0 N–H and O–H groups in total. The Morgan fingerprint density at radius 2 is 1.04 bits per heavy atom. The highest BCUT2D eigenvalue weighted by Gasteiger charge is 2.54. The molecule has 0 spiro atoms. The third kappa shape index (κ3) is 4.91. The van der Waals surface area contributed by atoms with Crippen molar-refractivity contribution < 1.29 is 8.80 Å². The van der Waals surface area contributed by atoms with Gasteiger partial charge >= 0.3 is 7.26 Å². The van der Waals surface area contributed by atoms with Crippen LogP contribution in [0.1, 0.15) is 50.2 Å². The molecule has 3 heterocycles. The van der Waals surface area contributed by atoms with E-state index in [0.717, 1.165) is 72.9 Å². The lowest BCUT2D eigenvalue weighted by Gasteiger charge is -2.25. The molecule has 0 saturated carbocycles. The minimum absolute atomic E-state index is 0.852. The van der Waals surface area contributed by atoms with Gasteiger partial charge in [0.25, 0.3) is 0 Å². The van der Waals surface area contributed by atoms with E-state index in [1.807, 2.05) is 8.96 Å². The molecule has 4 heteroatoms. The Balaban J connectivity index is 1.55. The number of hydrogen-bond donors (Lipinski definition) is 0. The van der Waals surface area contributed by atoms with Crippen LogP contribution in [0.25, 0.3) is 33.5 Å². The van der Waals surface area contributed by atoms with Crippen LogP contribution in [-0.4, -0.2) is 21.9 Å². The Bertz CT molecular complexity index is 2300. The molecule has 2 nitrogen and oxygen atoms in total. The molecule has 0 aliphatic carbocycles. The molecular formula is C44H37BFN2+. The van der Waals surface area contributed by atoms with Crippen LogP contribution in [0.3, 0.4) is 0 Å². The number of hydrogen-bond acceptors (Lipinski definition) is 0. The average Bonchev–Trinajstić information content (AvgIpc) is 3.68. The topological polar surface area (TPSA) is 7.94 Å². The van der Waals surface area contributed by atoms with E-state index in [0.29, 0.717) is 0 Å². The summed E-state index contributed by atoms with van der Waals surface area (Å²) in [5, 5.41) is 0. The van der Waals surface area contributed by atoms with Crippen molar-refractivity contribution in [2.75, 3.05) is 0 Å². The maximum atomic E-state index is 18.1. The Morgan fingerprint density at radius 1 is 0.542 bits per heavy atom. The maximum Gasteiger partial charge on any atom is 0.847 e. The van der Waals surface area contributed by atoms with Crippen LogP contribution in [0.2, 0.25) is 0 Å². The minimum Gasteiger partial charge on any atom is -0.285 e. The van der Waals surface area contributed by atoms with Crippen molar-refractivity contribution in [1.82, 2.24) is 4.48 Å². The van der Waals surface area contributed by atoms with Gasteiger partial charge in [-0.2, -0.15) is 0 Å². The third-order valence-corrected chi connectivity index (χ3v) is 9.81. The summed E-state index contributed by atoms with van der Waals surface area (Å²) >= 11 is 0. The summed E-state index contributed by atoms with van der Waals surface area (Å²) < 4.78 is 22.0. The standard InChI is InChI=1S/C44H37BFN2/c1-28-10-18-33(19-11-28)38-26-40(35-22-14-30(3)15-23-35)47-43(38)42(37-9-7-6-8-32(37)5)44-39(34-20-12-29(2)13-21-34)27-41(48(44)45(47)46)36-24-16-31(4)17-25-36/h6-27H,1-5H3/q+1. The summed E-state index contributed by atoms with van der Waals surface area (Å²) in [4.78, 5) is 0. The van der Waals surface area contributed by atoms with Crippen molar-refractivity contribution in [3.05, 3.63) is 189 Å². The SMILES string of the molecule is Cc1ccc(C2=CC(c3ccc(C)cc3)=[N+]3B(F)n4c(-c5ccc(C)cc5)cc(-c5ccc(C)cc5)c4C(c4ccccc4C)=C23)cc1. The van der Waals surface area contributed by atoms with Gasteiger partial charge in [0, 0.05) is 22.9 Å². The number of aromatic nitrogens is 1. The van der Waals surface area contributed by atoms with E-state index in [2.05, 4.69) is 168 Å². The molecule has 6 aromatic rings. The van der Waals surface area contributed by atoms with Gasteiger partial charge in [-0.3, -0.25) is 4.48 Å². The number of fused-ring (bicyclic) bond motifs is 2. The molecule has 0 bridgehead atoms. The fraction of sp³-hybridized carbons (Fsp3) is 0.114. The van der Waals surface area contributed by atoms with Gasteiger partial charge in [-0.1, -0.05) is 131 Å². The summed E-state index contributed by atoms with van der Waals surface area (Å²) in [5.74, 6) is 0. The summed E-state index contributed by atoms with van der Waals surface area (Å²) in [7, 11) is -1.49. The van der Waals surface area contributed by atoms with Crippen LogP contribution >= 0.6 is 0 Å². The first-order valence-electron chi connectivity index (χ1n) is 16.6. The molecule has 48 heavy (non-hydrogen) atoms. The molecule has 0 fully saturated rings. The average molecular weight is 624 g/mol. The summed E-state index contributed by atoms with van der Waals surface area (Å²) in [5.41, 5.74) is 17.6. The second kappa shape index (κ2) is 11.6. The van der Waals surface area contributed by atoms with E-state index in [1.165, 1.54) is 22.3 Å². The predicted molar refractivity (Wildman–Crippen MR) is 199 cm³/mol. The monoisotopic (exact) mass is 623 g/mol. The first-order chi connectivity index (χ1) is 23.3. The highest BCUT2D eigenvalue weighted by Crippen LogP contribution is 2.48. The van der Waals surface area contributed by atoms with Crippen LogP contribution < -0.4 is 0 Å². The molecule has 0 amide bonds. The van der Waals surface area contributed by atoms with Crippen molar-refractivity contribution in [3.63, 3.8) is 0 Å². The molecule has 0 saturated heterocycles. The van der Waals surface area contributed by atoms with Crippen LogP contribution in [0.4, 0.5) is 4.32 Å². The van der Waals surface area contributed by atoms with Crippen LogP contribution in [0.15, 0.2) is 139 Å². The van der Waals surface area contributed by atoms with Gasteiger partial charge in [0.1, 0.15) is 0 Å². The molecule has 1 aromatic heterocycles. The van der Waals surface area contributed by atoms with Gasteiger partial charge in [0.15, 0.2) is 5.71 Å². The predicted octanol–water partition coefficient (Wildman–Crippen LogP) is 10.5. The molecule has 5 aromatic carbocycles. The van der Waals surface area contributed by atoms with E-state index in [-0.39, 0.29) is 0 Å². The Morgan fingerprint density at radius 3 is 1.60 bits per heavy atom. The lowest BCUT2D eigenvalue weighted by Crippen LogP contribution is -2.41. The van der Waals surface area contributed by atoms with E-state index >= 15 is 4.32 Å². The smallest absolute Gasteiger partial charge is 0.285 e. The number of aryl methyl sites for hydroxylation is 5. The maximum absolute atomic E-state index is 18.1. The molecule has 8 rings (SSSR count). The van der Waals surface area contributed by atoms with Crippen molar-refractivity contribution in [1.29, 1.82) is 0 Å². The quantitative estimate of drug-likeness (QED) is 0.169. The zero-order chi connectivity index (χ0) is 33.1. The Labute approximate surface area is 283 Å². The summed E-state index contributed by atoms with van der Waals surface area (Å²) in [6.45, 7) is 10.5. The molecule has 2 aliphatic rings. The van der Waals surface area contributed by atoms with Gasteiger partial charge in [0.05, 0.1) is 16.8 Å². The van der Waals surface area contributed by atoms with E-state index in [9.17, 15) is 0 Å². The van der Waals surface area contributed by atoms with Crippen molar-refractivity contribution >= 4 is 24.1 Å². The molecular weight excluding hydrogens is 586 g/mol. The van der Waals surface area contributed by atoms with Crippen LogP contribution in [-0.2, 0) is 0 Å². The van der Waals surface area contributed by atoms with Gasteiger partial charge in [-0.15, -0.1) is 0 Å². The summed E-state index contributed by atoms with van der Waals surface area (Å²) in [6.07, 6.45) is 2.19. The zero-order valence-corrected chi connectivity index (χ0v) is 28.1. The number of halogens is 1. The lowest BCUT2D eigenvalue weighted by molar-refractivity contribution is -0.332. The van der Waals surface area contributed by atoms with Gasteiger partial charge < -0.3 is 0 Å². The first-order valence-corrected chi connectivity index (χ1v) is 16.6. The number of benzene rings is 5.